The summed E-state index contributed by atoms with van der Waals surface area (Å²) in [6.07, 6.45) is 0.853. The first kappa shape index (κ1) is 14.8. The van der Waals surface area contributed by atoms with E-state index in [0.29, 0.717) is 23.6 Å². The van der Waals surface area contributed by atoms with Crippen LogP contribution in [0.2, 0.25) is 0 Å². The van der Waals surface area contributed by atoms with Crippen LogP contribution in [0.4, 0.5) is 0 Å². The molecule has 0 bridgehead atoms. The van der Waals surface area contributed by atoms with E-state index in [1.54, 1.807) is 23.5 Å². The van der Waals surface area contributed by atoms with E-state index in [2.05, 4.69) is 16.4 Å². The zero-order valence-electron chi connectivity index (χ0n) is 12.6. The molecule has 0 radical (unpaired) electrons. The molecule has 0 aliphatic rings. The third kappa shape index (κ3) is 3.20. The van der Waals surface area contributed by atoms with Crippen molar-refractivity contribution in [1.82, 2.24) is 10.3 Å². The summed E-state index contributed by atoms with van der Waals surface area (Å²) in [6, 6.07) is 9.47. The molecule has 0 fully saturated rings. The monoisotopic (exact) mass is 314 g/mol. The van der Waals surface area contributed by atoms with Gasteiger partial charge in [-0.05, 0) is 36.1 Å². The number of rotatable bonds is 5. The molecule has 0 aliphatic heterocycles. The zero-order chi connectivity index (χ0) is 15.5. The topological polar surface area (TPSA) is 55.1 Å². The number of nitrogens with one attached hydrogen (secondary N) is 1. The smallest absolute Gasteiger partial charge is 0.251 e. The van der Waals surface area contributed by atoms with Crippen molar-refractivity contribution >= 4 is 28.3 Å². The number of nitrogens with zero attached hydrogens (tertiary/aromatic N) is 1. The normalized spacial score (nSPS) is 11.2. The van der Waals surface area contributed by atoms with Crippen molar-refractivity contribution in [2.24, 2.45) is 0 Å². The number of benzene rings is 1. The Kier molecular flexibility index (Phi) is 4.24. The van der Waals surface area contributed by atoms with Gasteiger partial charge in [-0.2, -0.15) is 0 Å². The third-order valence-corrected chi connectivity index (χ3v) is 4.33. The van der Waals surface area contributed by atoms with E-state index in [9.17, 15) is 4.79 Å². The molecule has 0 atom stereocenters. The van der Waals surface area contributed by atoms with Gasteiger partial charge in [0.2, 0.25) is 0 Å². The predicted molar refractivity (Wildman–Crippen MR) is 88.5 cm³/mol. The SMILES string of the molecule is CC(C)c1nc2ccc(C(=O)NCCc3cccs3)cc2o1. The molecule has 114 valence electrons. The van der Waals surface area contributed by atoms with E-state index in [1.807, 2.05) is 31.4 Å². The van der Waals surface area contributed by atoms with Crippen LogP contribution in [-0.4, -0.2) is 17.4 Å². The largest absolute Gasteiger partial charge is 0.440 e. The second-order valence-electron chi connectivity index (χ2n) is 5.47. The minimum Gasteiger partial charge on any atom is -0.440 e. The van der Waals surface area contributed by atoms with Crippen molar-refractivity contribution in [3.05, 3.63) is 52.0 Å². The molecule has 0 saturated heterocycles. The molecule has 0 unspecified atom stereocenters. The molecule has 3 rings (SSSR count). The summed E-state index contributed by atoms with van der Waals surface area (Å²) in [5, 5.41) is 4.98. The number of carbonyl (C=O) groups is 1. The van der Waals surface area contributed by atoms with Crippen molar-refractivity contribution in [2.45, 2.75) is 26.2 Å². The number of hydrogen-bond acceptors (Lipinski definition) is 4. The molecule has 22 heavy (non-hydrogen) atoms. The molecule has 3 aromatic rings. The molecular weight excluding hydrogens is 296 g/mol. The Labute approximate surface area is 133 Å². The van der Waals surface area contributed by atoms with Crippen LogP contribution in [0.15, 0.2) is 40.1 Å². The van der Waals surface area contributed by atoms with Crippen LogP contribution in [-0.2, 0) is 6.42 Å². The summed E-state index contributed by atoms with van der Waals surface area (Å²) in [4.78, 5) is 17.9. The number of fused-ring (bicyclic) bond motifs is 1. The maximum atomic E-state index is 12.2. The summed E-state index contributed by atoms with van der Waals surface area (Å²) >= 11 is 1.70. The molecule has 5 heteroatoms. The lowest BCUT2D eigenvalue weighted by atomic mass is 10.2. The number of thiophene rings is 1. The van der Waals surface area contributed by atoms with E-state index in [-0.39, 0.29) is 11.8 Å². The Morgan fingerprint density at radius 3 is 2.95 bits per heavy atom. The fraction of sp³-hybridized carbons (Fsp3) is 0.294. The maximum absolute atomic E-state index is 12.2. The van der Waals surface area contributed by atoms with Gasteiger partial charge in [0.15, 0.2) is 11.5 Å². The van der Waals surface area contributed by atoms with Crippen molar-refractivity contribution in [3.63, 3.8) is 0 Å². The van der Waals surface area contributed by atoms with Gasteiger partial charge in [-0.15, -0.1) is 11.3 Å². The lowest BCUT2D eigenvalue weighted by Crippen LogP contribution is -2.25. The Morgan fingerprint density at radius 2 is 2.23 bits per heavy atom. The number of carbonyl (C=O) groups excluding carboxylic acids is 1. The van der Waals surface area contributed by atoms with Gasteiger partial charge >= 0.3 is 0 Å². The van der Waals surface area contributed by atoms with Crippen LogP contribution in [0.5, 0.6) is 0 Å². The molecular formula is C17H18N2O2S. The van der Waals surface area contributed by atoms with E-state index >= 15 is 0 Å². The molecule has 0 saturated carbocycles. The fourth-order valence-electron chi connectivity index (χ4n) is 2.19. The first-order valence-corrected chi connectivity index (χ1v) is 8.22. The van der Waals surface area contributed by atoms with Gasteiger partial charge in [0.25, 0.3) is 5.91 Å². The van der Waals surface area contributed by atoms with Gasteiger partial charge in [-0.1, -0.05) is 19.9 Å². The van der Waals surface area contributed by atoms with Crippen LogP contribution in [0, 0.1) is 0 Å². The van der Waals surface area contributed by atoms with Crippen LogP contribution in [0.1, 0.15) is 40.9 Å². The first-order chi connectivity index (χ1) is 10.6. The summed E-state index contributed by atoms with van der Waals surface area (Å²) in [7, 11) is 0. The van der Waals surface area contributed by atoms with Gasteiger partial charge in [0, 0.05) is 22.9 Å². The van der Waals surface area contributed by atoms with Crippen molar-refractivity contribution in [1.29, 1.82) is 0 Å². The second-order valence-corrected chi connectivity index (χ2v) is 6.51. The van der Waals surface area contributed by atoms with Gasteiger partial charge in [0.1, 0.15) is 5.52 Å². The van der Waals surface area contributed by atoms with Gasteiger partial charge in [0.05, 0.1) is 0 Å². The van der Waals surface area contributed by atoms with E-state index in [0.717, 1.165) is 11.9 Å². The average molecular weight is 314 g/mol. The number of amides is 1. The minimum atomic E-state index is -0.0825. The highest BCUT2D eigenvalue weighted by atomic mass is 32.1. The Hall–Kier alpha value is -2.14. The molecule has 0 aliphatic carbocycles. The quantitative estimate of drug-likeness (QED) is 0.775. The predicted octanol–water partition coefficient (Wildman–Crippen LogP) is 3.99. The molecule has 2 heterocycles. The Morgan fingerprint density at radius 1 is 1.36 bits per heavy atom. The average Bonchev–Trinajstić information content (AvgIpc) is 3.15. The van der Waals surface area contributed by atoms with Crippen LogP contribution in [0.3, 0.4) is 0 Å². The molecule has 1 N–H and O–H groups in total. The summed E-state index contributed by atoms with van der Waals surface area (Å²) < 4.78 is 5.69. The van der Waals surface area contributed by atoms with Gasteiger partial charge in [-0.25, -0.2) is 4.98 Å². The highest BCUT2D eigenvalue weighted by Gasteiger charge is 2.12. The Balaban J connectivity index is 1.68. The molecule has 2 aromatic heterocycles. The van der Waals surface area contributed by atoms with Crippen molar-refractivity contribution in [3.8, 4) is 0 Å². The maximum Gasteiger partial charge on any atom is 0.251 e. The second kappa shape index (κ2) is 6.32. The van der Waals surface area contributed by atoms with Gasteiger partial charge in [-0.3, -0.25) is 4.79 Å². The summed E-state index contributed by atoms with van der Waals surface area (Å²) in [6.45, 7) is 4.69. The van der Waals surface area contributed by atoms with Gasteiger partial charge < -0.3 is 9.73 Å². The highest BCUT2D eigenvalue weighted by Crippen LogP contribution is 2.22. The molecule has 4 nitrogen and oxygen atoms in total. The molecule has 1 amide bonds. The Bertz CT molecular complexity index is 775. The zero-order valence-corrected chi connectivity index (χ0v) is 13.4. The summed E-state index contributed by atoms with van der Waals surface area (Å²) in [5.74, 6) is 0.849. The van der Waals surface area contributed by atoms with Crippen LogP contribution in [0.25, 0.3) is 11.1 Å². The third-order valence-electron chi connectivity index (χ3n) is 3.40. The number of oxazole rings is 1. The standard InChI is InChI=1S/C17H18N2O2S/c1-11(2)17-19-14-6-5-12(10-15(14)21-17)16(20)18-8-7-13-4-3-9-22-13/h3-6,9-11H,7-8H2,1-2H3,(H,18,20). The van der Waals surface area contributed by atoms with Crippen LogP contribution < -0.4 is 5.32 Å². The van der Waals surface area contributed by atoms with Crippen molar-refractivity contribution in [2.75, 3.05) is 6.54 Å². The van der Waals surface area contributed by atoms with Crippen molar-refractivity contribution < 1.29 is 9.21 Å². The summed E-state index contributed by atoms with van der Waals surface area (Å²) in [5.41, 5.74) is 2.05. The van der Waals surface area contributed by atoms with E-state index in [4.69, 9.17) is 4.42 Å². The van der Waals surface area contributed by atoms with E-state index < -0.39 is 0 Å². The number of hydrogen-bond donors (Lipinski definition) is 1. The molecule has 1 aromatic carbocycles. The molecule has 0 spiro atoms. The first-order valence-electron chi connectivity index (χ1n) is 7.34. The lowest BCUT2D eigenvalue weighted by Gasteiger charge is -2.04. The highest BCUT2D eigenvalue weighted by molar-refractivity contribution is 7.09. The lowest BCUT2D eigenvalue weighted by molar-refractivity contribution is 0.0954. The van der Waals surface area contributed by atoms with Crippen LogP contribution >= 0.6 is 11.3 Å². The number of aromatic nitrogens is 1. The fourth-order valence-corrected chi connectivity index (χ4v) is 2.90. The van der Waals surface area contributed by atoms with E-state index in [1.165, 1.54) is 4.88 Å². The minimum absolute atomic E-state index is 0.0825.